The molecule has 1 saturated carbocycles. The van der Waals surface area contributed by atoms with E-state index in [-0.39, 0.29) is 0 Å². The maximum Gasteiger partial charge on any atom is 0.191 e. The molecule has 0 unspecified atom stereocenters. The highest BCUT2D eigenvalue weighted by Crippen LogP contribution is 2.48. The van der Waals surface area contributed by atoms with E-state index in [1.165, 1.54) is 18.4 Å². The fourth-order valence-electron chi connectivity index (χ4n) is 4.15. The van der Waals surface area contributed by atoms with Crippen LogP contribution in [-0.4, -0.2) is 43.2 Å². The van der Waals surface area contributed by atoms with Crippen LogP contribution in [0.3, 0.4) is 0 Å². The van der Waals surface area contributed by atoms with Crippen molar-refractivity contribution in [1.82, 2.24) is 15.6 Å². The number of aliphatic imine (C=N–C) groups is 1. The van der Waals surface area contributed by atoms with E-state index in [4.69, 9.17) is 4.99 Å². The van der Waals surface area contributed by atoms with Gasteiger partial charge in [0.25, 0.3) is 0 Å². The molecule has 1 aromatic carbocycles. The summed E-state index contributed by atoms with van der Waals surface area (Å²) in [7, 11) is 0. The molecule has 29 heavy (non-hydrogen) atoms. The Hall–Kier alpha value is -2.56. The van der Waals surface area contributed by atoms with Crippen LogP contribution in [-0.2, 0) is 6.42 Å². The lowest BCUT2D eigenvalue weighted by Crippen LogP contribution is -2.49. The van der Waals surface area contributed by atoms with Crippen LogP contribution in [0.5, 0.6) is 0 Å². The van der Waals surface area contributed by atoms with Crippen molar-refractivity contribution in [3.8, 4) is 0 Å². The Bertz CT molecular complexity index is 777. The Morgan fingerprint density at radius 2 is 1.86 bits per heavy atom. The molecule has 2 N–H and O–H groups in total. The summed E-state index contributed by atoms with van der Waals surface area (Å²) in [6, 6.07) is 17.4. The van der Waals surface area contributed by atoms with Crippen LogP contribution in [0, 0.1) is 5.41 Å². The Balaban J connectivity index is 1.30. The van der Waals surface area contributed by atoms with Gasteiger partial charge in [0.05, 0.1) is 0 Å². The number of aromatic nitrogens is 1. The molecule has 0 bridgehead atoms. The lowest BCUT2D eigenvalue weighted by molar-refractivity contribution is 0.457. The maximum absolute atomic E-state index is 4.98. The van der Waals surface area contributed by atoms with Crippen LogP contribution in [0.25, 0.3) is 0 Å². The molecule has 0 spiro atoms. The average molecular weight is 392 g/mol. The molecule has 0 atom stereocenters. The number of hydrogen-bond donors (Lipinski definition) is 2. The number of pyridine rings is 1. The number of rotatable bonds is 7. The first-order valence-electron chi connectivity index (χ1n) is 11.0. The van der Waals surface area contributed by atoms with Gasteiger partial charge in [-0.15, -0.1) is 0 Å². The number of guanidine groups is 1. The summed E-state index contributed by atoms with van der Waals surface area (Å²) < 4.78 is 0. The van der Waals surface area contributed by atoms with E-state index < -0.39 is 0 Å². The van der Waals surface area contributed by atoms with Crippen molar-refractivity contribution < 1.29 is 0 Å². The SMILES string of the molecule is CCNC(=NCC1(Cc2ccccc2)CC1)NC1CCN(c2ccccn2)CC1. The summed E-state index contributed by atoms with van der Waals surface area (Å²) in [5.74, 6) is 2.06. The fourth-order valence-corrected chi connectivity index (χ4v) is 4.15. The normalized spacial score (nSPS) is 19.1. The molecular formula is C24H33N5. The molecule has 154 valence electrons. The van der Waals surface area contributed by atoms with E-state index in [2.05, 4.69) is 69.9 Å². The Labute approximate surface area is 174 Å². The minimum Gasteiger partial charge on any atom is -0.357 e. The minimum atomic E-state index is 0.367. The van der Waals surface area contributed by atoms with Crippen LogP contribution < -0.4 is 15.5 Å². The summed E-state index contributed by atoms with van der Waals surface area (Å²) in [4.78, 5) is 11.8. The van der Waals surface area contributed by atoms with Gasteiger partial charge in [0, 0.05) is 38.4 Å². The number of nitrogens with zero attached hydrogens (tertiary/aromatic N) is 3. The van der Waals surface area contributed by atoms with Crippen LogP contribution in [0.4, 0.5) is 5.82 Å². The van der Waals surface area contributed by atoms with Gasteiger partial charge in [-0.05, 0) is 62.1 Å². The van der Waals surface area contributed by atoms with Gasteiger partial charge in [-0.3, -0.25) is 4.99 Å². The minimum absolute atomic E-state index is 0.367. The highest BCUT2D eigenvalue weighted by molar-refractivity contribution is 5.80. The van der Waals surface area contributed by atoms with Crippen molar-refractivity contribution >= 4 is 11.8 Å². The first-order chi connectivity index (χ1) is 14.3. The van der Waals surface area contributed by atoms with E-state index in [1.807, 2.05) is 12.3 Å². The summed E-state index contributed by atoms with van der Waals surface area (Å²) >= 11 is 0. The second kappa shape index (κ2) is 9.29. The van der Waals surface area contributed by atoms with Gasteiger partial charge in [-0.25, -0.2) is 4.98 Å². The van der Waals surface area contributed by atoms with Gasteiger partial charge in [-0.1, -0.05) is 36.4 Å². The van der Waals surface area contributed by atoms with Gasteiger partial charge in [0.15, 0.2) is 5.96 Å². The topological polar surface area (TPSA) is 52.6 Å². The quantitative estimate of drug-likeness (QED) is 0.559. The molecule has 5 nitrogen and oxygen atoms in total. The predicted octanol–water partition coefficient (Wildman–Crippen LogP) is 3.63. The van der Waals surface area contributed by atoms with E-state index in [0.29, 0.717) is 11.5 Å². The van der Waals surface area contributed by atoms with Crippen LogP contribution in [0.2, 0.25) is 0 Å². The summed E-state index contributed by atoms with van der Waals surface area (Å²) in [6.07, 6.45) is 7.80. The number of nitrogens with one attached hydrogen (secondary N) is 2. The third kappa shape index (κ3) is 5.49. The molecule has 2 fully saturated rings. The number of piperidine rings is 1. The third-order valence-corrected chi connectivity index (χ3v) is 6.10. The van der Waals surface area contributed by atoms with Crippen molar-refractivity contribution in [2.45, 2.75) is 45.1 Å². The molecule has 2 heterocycles. The second-order valence-electron chi connectivity index (χ2n) is 8.45. The van der Waals surface area contributed by atoms with Crippen LogP contribution in [0.1, 0.15) is 38.2 Å². The van der Waals surface area contributed by atoms with Crippen molar-refractivity contribution in [2.24, 2.45) is 10.4 Å². The molecule has 1 aromatic heterocycles. The molecular weight excluding hydrogens is 358 g/mol. The zero-order valence-corrected chi connectivity index (χ0v) is 17.5. The highest BCUT2D eigenvalue weighted by Gasteiger charge is 2.42. The average Bonchev–Trinajstić information content (AvgIpc) is 3.54. The number of anilines is 1. The molecule has 0 radical (unpaired) electrons. The lowest BCUT2D eigenvalue weighted by Gasteiger charge is -2.33. The molecule has 1 aliphatic carbocycles. The zero-order valence-electron chi connectivity index (χ0n) is 17.5. The fraction of sp³-hybridized carbons (Fsp3) is 0.500. The molecule has 1 aliphatic heterocycles. The molecule has 4 rings (SSSR count). The van der Waals surface area contributed by atoms with Gasteiger partial charge in [0.1, 0.15) is 5.82 Å². The Morgan fingerprint density at radius 1 is 1.10 bits per heavy atom. The Morgan fingerprint density at radius 3 is 2.52 bits per heavy atom. The molecule has 2 aromatic rings. The first-order valence-corrected chi connectivity index (χ1v) is 11.0. The number of hydrogen-bond acceptors (Lipinski definition) is 3. The van der Waals surface area contributed by atoms with Crippen molar-refractivity contribution in [1.29, 1.82) is 0 Å². The van der Waals surface area contributed by atoms with Gasteiger partial charge in [0.2, 0.25) is 0 Å². The lowest BCUT2D eigenvalue weighted by atomic mass is 9.97. The van der Waals surface area contributed by atoms with Gasteiger partial charge in [-0.2, -0.15) is 0 Å². The van der Waals surface area contributed by atoms with Crippen molar-refractivity contribution in [3.05, 3.63) is 60.3 Å². The van der Waals surface area contributed by atoms with E-state index in [1.54, 1.807) is 0 Å². The van der Waals surface area contributed by atoms with E-state index in [0.717, 1.165) is 57.2 Å². The van der Waals surface area contributed by atoms with Crippen molar-refractivity contribution in [2.75, 3.05) is 31.1 Å². The molecule has 5 heteroatoms. The predicted molar refractivity (Wildman–Crippen MR) is 120 cm³/mol. The summed E-state index contributed by atoms with van der Waals surface area (Å²) in [5.41, 5.74) is 1.80. The number of benzene rings is 1. The Kier molecular flexibility index (Phi) is 6.33. The third-order valence-electron chi connectivity index (χ3n) is 6.10. The smallest absolute Gasteiger partial charge is 0.191 e. The monoisotopic (exact) mass is 391 g/mol. The maximum atomic E-state index is 4.98. The molecule has 1 saturated heterocycles. The first kappa shape index (κ1) is 19.7. The molecule has 2 aliphatic rings. The zero-order chi connectivity index (χ0) is 19.9. The standard InChI is InChI=1S/C24H33N5/c1-2-25-23(27-19-24(13-14-24)18-20-8-4-3-5-9-20)28-21-11-16-29(17-12-21)22-10-6-7-15-26-22/h3-10,15,21H,2,11-14,16-19H2,1H3,(H2,25,27,28). The van der Waals surface area contributed by atoms with Gasteiger partial charge >= 0.3 is 0 Å². The highest BCUT2D eigenvalue weighted by atomic mass is 15.2. The van der Waals surface area contributed by atoms with Crippen molar-refractivity contribution in [3.63, 3.8) is 0 Å². The molecule has 0 amide bonds. The van der Waals surface area contributed by atoms with E-state index >= 15 is 0 Å². The van der Waals surface area contributed by atoms with Crippen LogP contribution >= 0.6 is 0 Å². The summed E-state index contributed by atoms with van der Waals surface area (Å²) in [6.45, 7) is 6.00. The largest absolute Gasteiger partial charge is 0.357 e. The summed E-state index contributed by atoms with van der Waals surface area (Å²) in [5, 5.41) is 7.13. The van der Waals surface area contributed by atoms with Gasteiger partial charge < -0.3 is 15.5 Å². The second-order valence-corrected chi connectivity index (χ2v) is 8.45. The van der Waals surface area contributed by atoms with Crippen LogP contribution in [0.15, 0.2) is 59.7 Å². The van der Waals surface area contributed by atoms with E-state index in [9.17, 15) is 0 Å².